The quantitative estimate of drug-likeness (QED) is 0.0805. The summed E-state index contributed by atoms with van der Waals surface area (Å²) in [6.45, 7) is 5.85. The summed E-state index contributed by atoms with van der Waals surface area (Å²) in [7, 11) is 24.3. The number of nitrogens with one attached hydrogen (secondary N) is 2. The summed E-state index contributed by atoms with van der Waals surface area (Å²) in [5.41, 5.74) is 6.05. The SMILES string of the molecule is Cc1cc(/N=N/c2n(C)nc[n+]2C)ccc1NCCCNc1ccc(/N=N/c2n(C)nc[n+]2C)cc1C.[Cl][Zn-2]([Cl])([Cl])[Cl]. The number of aromatic nitrogens is 6. The second-order valence-electron chi connectivity index (χ2n) is 9.54. The van der Waals surface area contributed by atoms with Crippen molar-refractivity contribution in [2.45, 2.75) is 20.3 Å². The van der Waals surface area contributed by atoms with Crippen LogP contribution in [-0.4, -0.2) is 32.7 Å². The number of hydrogen-bond donors (Lipinski definition) is 2. The van der Waals surface area contributed by atoms with Gasteiger partial charge < -0.3 is 10.6 Å². The normalized spacial score (nSPS) is 11.7. The number of halogens is 4. The van der Waals surface area contributed by atoms with E-state index in [1.54, 1.807) is 22.0 Å². The van der Waals surface area contributed by atoms with Crippen molar-refractivity contribution in [2.24, 2.45) is 48.6 Å². The molecule has 4 aromatic rings. The van der Waals surface area contributed by atoms with Crippen molar-refractivity contribution in [2.75, 3.05) is 23.7 Å². The number of rotatable bonds is 10. The minimum atomic E-state index is -3.36. The third-order valence-electron chi connectivity index (χ3n) is 5.92. The molecule has 0 aliphatic heterocycles. The van der Waals surface area contributed by atoms with Crippen LogP contribution in [0.5, 0.6) is 0 Å². The third kappa shape index (κ3) is 10.9. The van der Waals surface area contributed by atoms with E-state index in [1.165, 1.54) is 0 Å². The van der Waals surface area contributed by atoms with E-state index in [2.05, 4.69) is 55.1 Å². The molecule has 0 amide bonds. The number of azo groups is 2. The molecule has 17 heteroatoms. The van der Waals surface area contributed by atoms with Gasteiger partial charge in [-0.3, -0.25) is 0 Å². The van der Waals surface area contributed by atoms with Crippen LogP contribution in [0.15, 0.2) is 69.5 Å². The van der Waals surface area contributed by atoms with Crippen LogP contribution in [0, 0.1) is 13.8 Å². The number of anilines is 2. The molecular formula is C25H34Cl4N12Zn. The average Bonchev–Trinajstić information content (AvgIpc) is 3.41. The Hall–Kier alpha value is -2.70. The molecule has 0 saturated carbocycles. The van der Waals surface area contributed by atoms with Gasteiger partial charge in [0.05, 0.1) is 39.6 Å². The molecule has 42 heavy (non-hydrogen) atoms. The molecular weight excluding hydrogens is 676 g/mol. The summed E-state index contributed by atoms with van der Waals surface area (Å²) >= 11 is 0. The predicted octanol–water partition coefficient (Wildman–Crippen LogP) is 6.92. The summed E-state index contributed by atoms with van der Waals surface area (Å²) in [5, 5.41) is 32.7. The predicted molar refractivity (Wildman–Crippen MR) is 164 cm³/mol. The molecule has 2 heterocycles. The van der Waals surface area contributed by atoms with Crippen LogP contribution < -0.4 is 19.8 Å². The van der Waals surface area contributed by atoms with Crippen molar-refractivity contribution < 1.29 is 19.9 Å². The summed E-state index contributed by atoms with van der Waals surface area (Å²) in [5.74, 6) is 1.36. The van der Waals surface area contributed by atoms with Gasteiger partial charge in [0.2, 0.25) is 12.7 Å². The Morgan fingerprint density at radius 1 is 0.714 bits per heavy atom. The molecule has 0 spiro atoms. The molecule has 0 aliphatic carbocycles. The first-order valence-electron chi connectivity index (χ1n) is 13.2. The van der Waals surface area contributed by atoms with Gasteiger partial charge in [-0.15, -0.1) is 9.36 Å². The van der Waals surface area contributed by atoms with E-state index < -0.39 is 10.8 Å². The van der Waals surface area contributed by atoms with Gasteiger partial charge >= 0.3 is 61.5 Å². The summed E-state index contributed by atoms with van der Waals surface area (Å²) in [6.07, 6.45) is 4.38. The van der Waals surface area contributed by atoms with Crippen LogP contribution in [0.2, 0.25) is 0 Å². The minimum absolute atomic E-state index is 0.681. The molecule has 4 rings (SSSR count). The Bertz CT molecular complexity index is 1390. The zero-order valence-corrected chi connectivity index (χ0v) is 30.4. The fourth-order valence-corrected chi connectivity index (χ4v) is 3.80. The van der Waals surface area contributed by atoms with Gasteiger partial charge in [0, 0.05) is 34.7 Å². The standard InChI is InChI=1S/C25H32N12.4ClH.Zn/c1-18-14-20(30-32-24-34(3)16-28-36(24)5)8-10-22(18)26-12-7-13-27-23-11-9-21(15-19(23)2)31-33-25-35(4)17-29-37(25)6;;;;;/h8-11,14-17H,7,12-13H2,1-6H3;4*1H;/q;;;;;+2/p-2. The first kappa shape index (κ1) is 33.8. The van der Waals surface area contributed by atoms with Crippen molar-refractivity contribution in [3.05, 3.63) is 60.2 Å². The summed E-state index contributed by atoms with van der Waals surface area (Å²) < 4.78 is 7.02. The van der Waals surface area contributed by atoms with E-state index >= 15 is 0 Å². The van der Waals surface area contributed by atoms with Crippen molar-refractivity contribution in [1.82, 2.24) is 19.6 Å². The van der Waals surface area contributed by atoms with Gasteiger partial charge in [-0.1, -0.05) is 10.2 Å². The first-order valence-corrected chi connectivity index (χ1v) is 28.8. The molecule has 0 atom stereocenters. The molecule has 2 N–H and O–H groups in total. The van der Waals surface area contributed by atoms with E-state index in [-0.39, 0.29) is 0 Å². The topological polar surface area (TPSA) is 117 Å². The third-order valence-corrected chi connectivity index (χ3v) is 5.92. The average molecular weight is 710 g/mol. The van der Waals surface area contributed by atoms with Crippen molar-refractivity contribution >= 4 is 73.4 Å². The first-order chi connectivity index (χ1) is 19.8. The molecule has 0 aliphatic rings. The fraction of sp³-hybridized carbons (Fsp3) is 0.360. The molecule has 0 unspecified atom stereocenters. The zero-order chi connectivity index (χ0) is 30.9. The van der Waals surface area contributed by atoms with E-state index in [4.69, 9.17) is 38.8 Å². The van der Waals surface area contributed by atoms with Crippen molar-refractivity contribution in [3.63, 3.8) is 0 Å². The Kier molecular flexibility index (Phi) is 12.6. The van der Waals surface area contributed by atoms with Crippen LogP contribution in [0.3, 0.4) is 0 Å². The number of aryl methyl sites for hydroxylation is 6. The monoisotopic (exact) mass is 706 g/mol. The van der Waals surface area contributed by atoms with Gasteiger partial charge in [0.1, 0.15) is 0 Å². The van der Waals surface area contributed by atoms with Crippen molar-refractivity contribution in [1.29, 1.82) is 0 Å². The van der Waals surface area contributed by atoms with Gasteiger partial charge in [0.25, 0.3) is 0 Å². The van der Waals surface area contributed by atoms with Crippen LogP contribution >= 0.6 is 38.8 Å². The summed E-state index contributed by atoms with van der Waals surface area (Å²) in [4.78, 5) is 0. The second kappa shape index (κ2) is 15.7. The van der Waals surface area contributed by atoms with Crippen LogP contribution in [0.25, 0.3) is 0 Å². The Morgan fingerprint density at radius 3 is 1.40 bits per heavy atom. The molecule has 2 aromatic carbocycles. The molecule has 0 fully saturated rings. The van der Waals surface area contributed by atoms with E-state index in [1.807, 2.05) is 73.7 Å². The van der Waals surface area contributed by atoms with Gasteiger partial charge in [-0.2, -0.15) is 0 Å². The molecule has 0 bridgehead atoms. The van der Waals surface area contributed by atoms with Gasteiger partial charge in [-0.05, 0) is 78.0 Å². The van der Waals surface area contributed by atoms with E-state index in [9.17, 15) is 0 Å². The molecule has 0 radical (unpaired) electrons. The molecule has 0 saturated heterocycles. The summed E-state index contributed by atoms with van der Waals surface area (Å²) in [6, 6.07) is 12.1. The van der Waals surface area contributed by atoms with Crippen molar-refractivity contribution in [3.8, 4) is 0 Å². The maximum absolute atomic E-state index is 5.05. The Balaban J connectivity index is 0.000000892. The van der Waals surface area contributed by atoms with E-state index in [0.717, 1.165) is 53.4 Å². The molecule has 2 aromatic heterocycles. The van der Waals surface area contributed by atoms with Crippen LogP contribution in [0.4, 0.5) is 34.6 Å². The van der Waals surface area contributed by atoms with Crippen LogP contribution in [-0.2, 0) is 39.0 Å². The zero-order valence-electron chi connectivity index (χ0n) is 24.4. The maximum atomic E-state index is 5.05. The van der Waals surface area contributed by atoms with Crippen LogP contribution in [0.1, 0.15) is 17.5 Å². The van der Waals surface area contributed by atoms with Gasteiger partial charge in [-0.25, -0.2) is 9.13 Å². The number of hydrogen-bond acceptors (Lipinski definition) is 8. The Morgan fingerprint density at radius 2 is 1.10 bits per heavy atom. The Labute approximate surface area is 264 Å². The second-order valence-corrected chi connectivity index (χ2v) is 37.3. The fourth-order valence-electron chi connectivity index (χ4n) is 3.80. The number of benzene rings is 2. The molecule has 224 valence electrons. The molecule has 12 nitrogen and oxygen atoms in total. The van der Waals surface area contributed by atoms with Gasteiger partial charge in [0.15, 0.2) is 0 Å². The van der Waals surface area contributed by atoms with E-state index in [0.29, 0.717) is 11.9 Å². The number of nitrogens with zero attached hydrogens (tertiary/aromatic N) is 10.